The maximum atomic E-state index is 12.0. The van der Waals surface area contributed by atoms with Gasteiger partial charge >= 0.3 is 11.9 Å². The van der Waals surface area contributed by atoms with Crippen LogP contribution in [-0.2, 0) is 4.74 Å². The van der Waals surface area contributed by atoms with Gasteiger partial charge in [0.2, 0.25) is 25.5 Å². The largest absolute Gasteiger partial charge is 0.477 e. The Morgan fingerprint density at radius 3 is 1.65 bits per heavy atom. The predicted molar refractivity (Wildman–Crippen MR) is 187 cm³/mol. The van der Waals surface area contributed by atoms with Crippen molar-refractivity contribution >= 4 is 78.4 Å². The standard InChI is InChI=1S/C17H14N4O5S.C15H10N4O5S/c1-2-24-16(22)12-6-9-14(19-17(18)20-15(9)27-12)13(21-23)8-3-4-10-11(5-8)26-7-25-10;16-15-17-12(7-4-10(14(20)21)25-13(7)18-15)11(19-22)6-1-2-8-9(3-6)24-5-23-8/h3-6,23H,2,7H2,1H3,(H2,18,19,20);1-4,22H,5H2,(H,20,21)(H2,16,17,18). The zero-order chi connectivity index (χ0) is 36.5. The molecule has 18 nitrogen and oxygen atoms in total. The lowest BCUT2D eigenvalue weighted by Gasteiger charge is -2.07. The number of ether oxygens (including phenoxy) is 5. The Bertz CT molecular complexity index is 2460. The second-order valence-corrected chi connectivity index (χ2v) is 12.6. The molecule has 0 radical (unpaired) electrons. The number of carbonyl (C=O) groups excluding carboxylic acids is 1. The molecule has 0 atom stereocenters. The number of nitrogens with two attached hydrogens (primary N) is 2. The number of benzene rings is 2. The summed E-state index contributed by atoms with van der Waals surface area (Å²) < 4.78 is 26.3. The highest BCUT2D eigenvalue weighted by Gasteiger charge is 2.24. The summed E-state index contributed by atoms with van der Waals surface area (Å²) in [5.41, 5.74) is 13.4. The van der Waals surface area contributed by atoms with Gasteiger partial charge in [0.25, 0.3) is 0 Å². The van der Waals surface area contributed by atoms with Gasteiger partial charge in [-0.2, -0.15) is 0 Å². The average molecular weight is 745 g/mol. The molecule has 2 aromatic carbocycles. The zero-order valence-electron chi connectivity index (χ0n) is 26.6. The number of carbonyl (C=O) groups is 2. The molecule has 7 N–H and O–H groups in total. The van der Waals surface area contributed by atoms with Gasteiger partial charge in [0.05, 0.1) is 6.61 Å². The van der Waals surface area contributed by atoms with Crippen LogP contribution in [0.2, 0.25) is 0 Å². The molecule has 6 heterocycles. The molecule has 0 saturated heterocycles. The second-order valence-electron chi connectivity index (χ2n) is 10.6. The van der Waals surface area contributed by atoms with E-state index in [2.05, 4.69) is 30.2 Å². The molecule has 20 heteroatoms. The minimum atomic E-state index is -1.09. The van der Waals surface area contributed by atoms with E-state index in [0.717, 1.165) is 22.7 Å². The van der Waals surface area contributed by atoms with Crippen molar-refractivity contribution in [1.29, 1.82) is 0 Å². The molecule has 0 aliphatic carbocycles. The molecule has 0 spiro atoms. The van der Waals surface area contributed by atoms with E-state index in [9.17, 15) is 25.1 Å². The highest BCUT2D eigenvalue weighted by molar-refractivity contribution is 7.20. The van der Waals surface area contributed by atoms with E-state index < -0.39 is 11.9 Å². The van der Waals surface area contributed by atoms with E-state index in [0.29, 0.717) is 65.1 Å². The van der Waals surface area contributed by atoms with E-state index in [-0.39, 0.29) is 54.1 Å². The molecular formula is C32H24N8O10S2. The number of oxime groups is 2. The molecule has 6 aromatic rings. The van der Waals surface area contributed by atoms with Crippen LogP contribution in [0.15, 0.2) is 58.8 Å². The molecule has 2 aliphatic rings. The van der Waals surface area contributed by atoms with Crippen molar-refractivity contribution in [1.82, 2.24) is 19.9 Å². The van der Waals surface area contributed by atoms with Crippen molar-refractivity contribution in [3.05, 3.63) is 80.8 Å². The Labute approximate surface area is 299 Å². The quantitative estimate of drug-likeness (QED) is 0.0658. The van der Waals surface area contributed by atoms with E-state index in [4.69, 9.17) is 35.2 Å². The molecule has 0 unspecified atom stereocenters. The molecule has 52 heavy (non-hydrogen) atoms. The van der Waals surface area contributed by atoms with Crippen molar-refractivity contribution in [2.45, 2.75) is 6.92 Å². The van der Waals surface area contributed by atoms with Crippen molar-refractivity contribution in [2.75, 3.05) is 31.7 Å². The van der Waals surface area contributed by atoms with Crippen molar-refractivity contribution in [2.24, 2.45) is 10.3 Å². The third-order valence-electron chi connectivity index (χ3n) is 7.45. The van der Waals surface area contributed by atoms with Crippen LogP contribution in [0, 0.1) is 0 Å². The van der Waals surface area contributed by atoms with Crippen molar-refractivity contribution < 1.29 is 48.8 Å². The fraction of sp³-hybridized carbons (Fsp3) is 0.125. The molecule has 0 amide bonds. The summed E-state index contributed by atoms with van der Waals surface area (Å²) in [6.45, 7) is 2.23. The van der Waals surface area contributed by atoms with Crippen LogP contribution < -0.4 is 30.4 Å². The number of hydrogen-bond acceptors (Lipinski definition) is 19. The molecule has 0 bridgehead atoms. The Balaban J connectivity index is 0.000000162. The first-order valence-electron chi connectivity index (χ1n) is 15.0. The second kappa shape index (κ2) is 13.8. The third kappa shape index (κ3) is 6.33. The highest BCUT2D eigenvalue weighted by atomic mass is 32.1. The van der Waals surface area contributed by atoms with Gasteiger partial charge in [0.1, 0.15) is 42.2 Å². The summed E-state index contributed by atoms with van der Waals surface area (Å²) in [6.07, 6.45) is 0. The first-order chi connectivity index (χ1) is 25.2. The lowest BCUT2D eigenvalue weighted by Crippen LogP contribution is -2.09. The van der Waals surface area contributed by atoms with Crippen LogP contribution in [0.5, 0.6) is 23.0 Å². The number of thiophene rings is 2. The monoisotopic (exact) mass is 744 g/mol. The topological polar surface area (TPSA) is 269 Å². The van der Waals surface area contributed by atoms with Crippen LogP contribution in [0.1, 0.15) is 48.8 Å². The van der Waals surface area contributed by atoms with E-state index >= 15 is 0 Å². The molecule has 8 rings (SSSR count). The third-order valence-corrected chi connectivity index (χ3v) is 9.47. The van der Waals surface area contributed by atoms with Gasteiger partial charge in [-0.3, -0.25) is 0 Å². The highest BCUT2D eigenvalue weighted by Crippen LogP contribution is 2.36. The molecular weight excluding hydrogens is 721 g/mol. The first-order valence-corrected chi connectivity index (χ1v) is 16.6. The minimum absolute atomic E-state index is 0.00310. The Morgan fingerprint density at radius 2 is 1.19 bits per heavy atom. The number of carboxylic acid groups (broad SMARTS) is 1. The number of fused-ring (bicyclic) bond motifs is 4. The van der Waals surface area contributed by atoms with E-state index in [1.165, 1.54) is 6.07 Å². The van der Waals surface area contributed by atoms with Gasteiger partial charge in [0, 0.05) is 21.9 Å². The number of rotatable bonds is 7. The summed E-state index contributed by atoms with van der Waals surface area (Å²) in [5, 5.41) is 36.1. The van der Waals surface area contributed by atoms with Gasteiger partial charge in [-0.05, 0) is 55.5 Å². The molecule has 2 aliphatic heterocycles. The molecule has 264 valence electrons. The van der Waals surface area contributed by atoms with E-state index in [1.807, 2.05) is 0 Å². The summed E-state index contributed by atoms with van der Waals surface area (Å²) in [4.78, 5) is 41.2. The first kappa shape index (κ1) is 33.7. The van der Waals surface area contributed by atoms with Crippen molar-refractivity contribution in [3.63, 3.8) is 0 Å². The molecule has 0 saturated carbocycles. The summed E-state index contributed by atoms with van der Waals surface area (Å²) in [5.74, 6) is 0.618. The van der Waals surface area contributed by atoms with Gasteiger partial charge in [-0.1, -0.05) is 10.3 Å². The number of aromatic nitrogens is 4. The van der Waals surface area contributed by atoms with Crippen LogP contribution in [0.4, 0.5) is 11.9 Å². The predicted octanol–water partition coefficient (Wildman–Crippen LogP) is 4.33. The lowest BCUT2D eigenvalue weighted by atomic mass is 10.0. The SMILES string of the molecule is CCOC(=O)c1cc2c(C(=NO)c3ccc4c(c3)OCO4)nc(N)nc2s1.Nc1nc(C(=NO)c2ccc3c(c2)OCO3)c2cc(C(=O)O)sc2n1. The normalized spacial score (nSPS) is 13.2. The number of anilines is 2. The van der Waals surface area contributed by atoms with Crippen LogP contribution in [0.3, 0.4) is 0 Å². The maximum Gasteiger partial charge on any atom is 0.348 e. The number of carboxylic acids is 1. The van der Waals surface area contributed by atoms with Crippen LogP contribution >= 0.6 is 22.7 Å². The lowest BCUT2D eigenvalue weighted by molar-refractivity contribution is 0.0531. The smallest absolute Gasteiger partial charge is 0.348 e. The summed E-state index contributed by atoms with van der Waals surface area (Å²) in [7, 11) is 0. The number of hydrogen-bond donors (Lipinski definition) is 5. The number of nitrogens with zero attached hydrogens (tertiary/aromatic N) is 6. The number of nitrogen functional groups attached to an aromatic ring is 2. The van der Waals surface area contributed by atoms with Gasteiger partial charge in [-0.25, -0.2) is 29.5 Å². The van der Waals surface area contributed by atoms with Crippen LogP contribution in [0.25, 0.3) is 20.4 Å². The van der Waals surface area contributed by atoms with Crippen molar-refractivity contribution in [3.8, 4) is 23.0 Å². The van der Waals surface area contributed by atoms with Gasteiger partial charge < -0.3 is 50.7 Å². The van der Waals surface area contributed by atoms with Gasteiger partial charge in [0.15, 0.2) is 23.0 Å². The summed E-state index contributed by atoms with van der Waals surface area (Å²) in [6, 6.07) is 13.1. The Kier molecular flexibility index (Phi) is 8.97. The molecule has 4 aromatic heterocycles. The Hall–Kier alpha value is -6.80. The summed E-state index contributed by atoms with van der Waals surface area (Å²) >= 11 is 2.09. The number of esters is 1. The fourth-order valence-electron chi connectivity index (χ4n) is 5.22. The van der Waals surface area contributed by atoms with Gasteiger partial charge in [-0.15, -0.1) is 22.7 Å². The average Bonchev–Trinajstić information content (AvgIpc) is 3.94. The fourth-order valence-corrected chi connectivity index (χ4v) is 7.03. The van der Waals surface area contributed by atoms with E-state index in [1.54, 1.807) is 49.4 Å². The number of aromatic carboxylic acids is 1. The zero-order valence-corrected chi connectivity index (χ0v) is 28.2. The Morgan fingerprint density at radius 1 is 0.731 bits per heavy atom. The minimum Gasteiger partial charge on any atom is -0.477 e. The maximum absolute atomic E-state index is 12.0. The molecule has 0 fully saturated rings. The van der Waals surface area contributed by atoms with Crippen LogP contribution in [-0.4, -0.2) is 79.0 Å².